The van der Waals surface area contributed by atoms with E-state index in [0.717, 1.165) is 11.4 Å². The summed E-state index contributed by atoms with van der Waals surface area (Å²) in [4.78, 5) is 16.3. The van der Waals surface area contributed by atoms with Gasteiger partial charge in [0.2, 0.25) is 11.0 Å². The first-order valence-corrected chi connectivity index (χ1v) is 8.89. The summed E-state index contributed by atoms with van der Waals surface area (Å²) in [7, 11) is 0. The molecule has 0 fully saturated rings. The quantitative estimate of drug-likeness (QED) is 0.657. The summed E-state index contributed by atoms with van der Waals surface area (Å²) in [6.07, 6.45) is 2.16. The van der Waals surface area contributed by atoms with Crippen molar-refractivity contribution in [2.75, 3.05) is 5.32 Å². The molecule has 1 aromatic carbocycles. The number of aromatic nitrogens is 3. The molecule has 0 aliphatic rings. The molecule has 3 rings (SSSR count). The molecular formula is C16H12BrFN4O2S. The molecule has 0 bridgehead atoms. The molecular weight excluding hydrogens is 411 g/mol. The number of hydrogen-bond acceptors (Lipinski definition) is 6. The molecule has 0 saturated carbocycles. The van der Waals surface area contributed by atoms with Crippen LogP contribution >= 0.6 is 27.3 Å². The van der Waals surface area contributed by atoms with Crippen LogP contribution in [0.5, 0.6) is 11.6 Å². The SMILES string of the molecule is CCc1nnc(NC(=O)c2ccc(Oc3ccc(F)cc3Br)nc2)s1. The highest BCUT2D eigenvalue weighted by Gasteiger charge is 2.11. The summed E-state index contributed by atoms with van der Waals surface area (Å²) >= 11 is 4.55. The van der Waals surface area contributed by atoms with E-state index in [9.17, 15) is 9.18 Å². The van der Waals surface area contributed by atoms with Crippen LogP contribution in [0.3, 0.4) is 0 Å². The fourth-order valence-corrected chi connectivity index (χ4v) is 2.97. The standard InChI is InChI=1S/C16H12BrFN4O2S/c1-2-14-21-22-16(25-14)20-15(23)9-3-6-13(19-8-9)24-12-5-4-10(18)7-11(12)17/h3-8H,2H2,1H3,(H,20,22,23). The maximum Gasteiger partial charge on any atom is 0.259 e. The Kier molecular flexibility index (Phi) is 5.34. The summed E-state index contributed by atoms with van der Waals surface area (Å²) in [5.74, 6) is 0.00280. The number of aryl methyl sites for hydroxylation is 1. The molecule has 2 aromatic heterocycles. The zero-order valence-corrected chi connectivity index (χ0v) is 15.4. The van der Waals surface area contributed by atoms with Gasteiger partial charge in [-0.2, -0.15) is 0 Å². The van der Waals surface area contributed by atoms with Gasteiger partial charge < -0.3 is 4.74 Å². The largest absolute Gasteiger partial charge is 0.438 e. The predicted octanol–water partition coefficient (Wildman–Crippen LogP) is 4.44. The number of halogens is 2. The number of ether oxygens (including phenoxy) is 1. The monoisotopic (exact) mass is 422 g/mol. The minimum absolute atomic E-state index is 0.285. The van der Waals surface area contributed by atoms with Crippen LogP contribution in [0, 0.1) is 5.82 Å². The van der Waals surface area contributed by atoms with Crippen LogP contribution in [0.15, 0.2) is 41.0 Å². The van der Waals surface area contributed by atoms with Crippen molar-refractivity contribution in [1.82, 2.24) is 15.2 Å². The minimum Gasteiger partial charge on any atom is -0.438 e. The second-order valence-corrected chi connectivity index (χ2v) is 6.79. The molecule has 0 aliphatic carbocycles. The van der Waals surface area contributed by atoms with Crippen LogP contribution < -0.4 is 10.1 Å². The lowest BCUT2D eigenvalue weighted by molar-refractivity contribution is 0.102. The molecule has 3 aromatic rings. The Balaban J connectivity index is 1.67. The number of pyridine rings is 1. The summed E-state index contributed by atoms with van der Waals surface area (Å²) in [5, 5.41) is 11.8. The highest BCUT2D eigenvalue weighted by molar-refractivity contribution is 9.10. The smallest absolute Gasteiger partial charge is 0.259 e. The first-order valence-electron chi connectivity index (χ1n) is 7.28. The van der Waals surface area contributed by atoms with E-state index >= 15 is 0 Å². The first kappa shape index (κ1) is 17.4. The van der Waals surface area contributed by atoms with E-state index in [4.69, 9.17) is 4.74 Å². The predicted molar refractivity (Wildman–Crippen MR) is 95.7 cm³/mol. The van der Waals surface area contributed by atoms with Gasteiger partial charge in [0.15, 0.2) is 0 Å². The number of nitrogens with zero attached hydrogens (tertiary/aromatic N) is 3. The van der Waals surface area contributed by atoms with Crippen molar-refractivity contribution in [3.63, 3.8) is 0 Å². The van der Waals surface area contributed by atoms with E-state index < -0.39 is 0 Å². The second-order valence-electron chi connectivity index (χ2n) is 4.87. The number of anilines is 1. The molecule has 0 unspecified atom stereocenters. The molecule has 0 radical (unpaired) electrons. The fraction of sp³-hybridized carbons (Fsp3) is 0.125. The number of carbonyl (C=O) groups is 1. The summed E-state index contributed by atoms with van der Waals surface area (Å²) in [6, 6.07) is 7.21. The van der Waals surface area contributed by atoms with Crippen LogP contribution in [-0.2, 0) is 6.42 Å². The van der Waals surface area contributed by atoms with Crippen molar-refractivity contribution >= 4 is 38.3 Å². The zero-order valence-electron chi connectivity index (χ0n) is 13.0. The third kappa shape index (κ3) is 4.37. The lowest BCUT2D eigenvalue weighted by Gasteiger charge is -2.07. The molecule has 9 heteroatoms. The van der Waals surface area contributed by atoms with Gasteiger partial charge in [-0.1, -0.05) is 18.3 Å². The molecule has 2 heterocycles. The van der Waals surface area contributed by atoms with Crippen LogP contribution in [0.4, 0.5) is 9.52 Å². The topological polar surface area (TPSA) is 77.0 Å². The molecule has 0 aliphatic heterocycles. The van der Waals surface area contributed by atoms with Crippen molar-refractivity contribution in [3.05, 3.63) is 57.4 Å². The Morgan fingerprint density at radius 3 is 2.80 bits per heavy atom. The van der Waals surface area contributed by atoms with Crippen molar-refractivity contribution in [2.45, 2.75) is 13.3 Å². The van der Waals surface area contributed by atoms with Gasteiger partial charge in [-0.05, 0) is 46.6 Å². The number of nitrogens with one attached hydrogen (secondary N) is 1. The molecule has 0 spiro atoms. The lowest BCUT2D eigenvalue weighted by atomic mass is 10.2. The molecule has 1 N–H and O–H groups in total. The van der Waals surface area contributed by atoms with Gasteiger partial charge in [-0.15, -0.1) is 10.2 Å². The van der Waals surface area contributed by atoms with Crippen molar-refractivity contribution in [2.24, 2.45) is 0 Å². The minimum atomic E-state index is -0.373. The average Bonchev–Trinajstić information content (AvgIpc) is 3.05. The van der Waals surface area contributed by atoms with Gasteiger partial charge in [-0.25, -0.2) is 9.37 Å². The van der Waals surface area contributed by atoms with Gasteiger partial charge in [-0.3, -0.25) is 10.1 Å². The third-order valence-electron chi connectivity index (χ3n) is 3.10. The van der Waals surface area contributed by atoms with E-state index in [1.165, 1.54) is 35.7 Å². The molecule has 25 heavy (non-hydrogen) atoms. The molecule has 0 saturated heterocycles. The Morgan fingerprint density at radius 1 is 1.32 bits per heavy atom. The Labute approximate surface area is 155 Å². The van der Waals surface area contributed by atoms with Crippen LogP contribution in [0.1, 0.15) is 22.3 Å². The molecule has 1 amide bonds. The molecule has 6 nitrogen and oxygen atoms in total. The lowest BCUT2D eigenvalue weighted by Crippen LogP contribution is -2.12. The number of hydrogen-bond donors (Lipinski definition) is 1. The van der Waals surface area contributed by atoms with E-state index in [2.05, 4.69) is 36.4 Å². The van der Waals surface area contributed by atoms with Gasteiger partial charge in [0.25, 0.3) is 5.91 Å². The normalized spacial score (nSPS) is 10.5. The number of benzene rings is 1. The Bertz CT molecular complexity index is 901. The molecule has 0 atom stereocenters. The summed E-state index contributed by atoms with van der Waals surface area (Å²) in [5.41, 5.74) is 0.360. The van der Waals surface area contributed by atoms with E-state index in [0.29, 0.717) is 20.9 Å². The Hall–Kier alpha value is -2.39. The maximum absolute atomic E-state index is 13.1. The Morgan fingerprint density at radius 2 is 2.16 bits per heavy atom. The van der Waals surface area contributed by atoms with E-state index in [-0.39, 0.29) is 17.6 Å². The van der Waals surface area contributed by atoms with Crippen LogP contribution in [-0.4, -0.2) is 21.1 Å². The van der Waals surface area contributed by atoms with Crippen LogP contribution in [0.25, 0.3) is 0 Å². The fourth-order valence-electron chi connectivity index (χ4n) is 1.86. The van der Waals surface area contributed by atoms with Gasteiger partial charge >= 0.3 is 0 Å². The summed E-state index contributed by atoms with van der Waals surface area (Å²) < 4.78 is 19.1. The van der Waals surface area contributed by atoms with Crippen molar-refractivity contribution in [1.29, 1.82) is 0 Å². The zero-order chi connectivity index (χ0) is 17.8. The van der Waals surface area contributed by atoms with Gasteiger partial charge in [0.05, 0.1) is 10.0 Å². The third-order valence-corrected chi connectivity index (χ3v) is 4.70. The van der Waals surface area contributed by atoms with Gasteiger partial charge in [0, 0.05) is 12.3 Å². The van der Waals surface area contributed by atoms with Gasteiger partial charge in [0.1, 0.15) is 16.6 Å². The second kappa shape index (κ2) is 7.66. The number of amides is 1. The average molecular weight is 423 g/mol. The van der Waals surface area contributed by atoms with Crippen molar-refractivity contribution < 1.29 is 13.9 Å². The van der Waals surface area contributed by atoms with E-state index in [1.807, 2.05) is 6.92 Å². The number of rotatable bonds is 5. The van der Waals surface area contributed by atoms with E-state index in [1.54, 1.807) is 12.1 Å². The first-order chi connectivity index (χ1) is 12.0. The van der Waals surface area contributed by atoms with Crippen LogP contribution in [0.2, 0.25) is 0 Å². The maximum atomic E-state index is 13.1. The highest BCUT2D eigenvalue weighted by atomic mass is 79.9. The summed E-state index contributed by atoms with van der Waals surface area (Å²) in [6.45, 7) is 1.97. The molecule has 128 valence electrons. The highest BCUT2D eigenvalue weighted by Crippen LogP contribution is 2.29. The van der Waals surface area contributed by atoms with Crippen molar-refractivity contribution in [3.8, 4) is 11.6 Å². The number of carbonyl (C=O) groups excluding carboxylic acids is 1.